The molecule has 2 aromatic carbocycles. The molecule has 0 bridgehead atoms. The quantitative estimate of drug-likeness (QED) is 0.770. The Hall–Kier alpha value is -2.53. The molecule has 0 spiro atoms. The van der Waals surface area contributed by atoms with Crippen molar-refractivity contribution in [3.63, 3.8) is 0 Å². The van der Waals surface area contributed by atoms with Gasteiger partial charge in [0.1, 0.15) is 5.75 Å². The number of hydrogen-bond acceptors (Lipinski definition) is 5. The fourth-order valence-electron chi connectivity index (χ4n) is 2.01. The molecule has 0 saturated heterocycles. The van der Waals surface area contributed by atoms with Crippen LogP contribution < -0.4 is 10.1 Å². The van der Waals surface area contributed by atoms with Crippen molar-refractivity contribution in [2.45, 2.75) is 6.54 Å². The molecule has 3 aromatic rings. The number of rotatable bonds is 5. The van der Waals surface area contributed by atoms with Gasteiger partial charge in [0.25, 0.3) is 0 Å². The average Bonchev–Trinajstić information content (AvgIpc) is 3.03. The average molecular weight is 316 g/mol. The van der Waals surface area contributed by atoms with Crippen LogP contribution in [0.15, 0.2) is 52.9 Å². The first-order chi connectivity index (χ1) is 10.8. The van der Waals surface area contributed by atoms with Crippen molar-refractivity contribution in [2.24, 2.45) is 0 Å². The number of hydrogen-bond donors (Lipinski definition) is 1. The summed E-state index contributed by atoms with van der Waals surface area (Å²) in [5.74, 6) is 1.68. The second-order valence-electron chi connectivity index (χ2n) is 4.57. The normalized spacial score (nSPS) is 10.5. The standard InChI is InChI=1S/C16H14ClN3O2/c1-21-14-8-7-12(17)9-13(14)18-10-15-19-20-16(22-15)11-5-3-2-4-6-11/h2-9,18H,10H2,1H3. The van der Waals surface area contributed by atoms with Gasteiger partial charge in [-0.15, -0.1) is 10.2 Å². The Bertz CT molecular complexity index is 759. The van der Waals surface area contributed by atoms with Crippen LogP contribution in [0.2, 0.25) is 5.02 Å². The molecule has 3 rings (SSSR count). The van der Waals surface area contributed by atoms with Gasteiger partial charge in [-0.3, -0.25) is 0 Å². The first-order valence-electron chi connectivity index (χ1n) is 6.71. The smallest absolute Gasteiger partial charge is 0.247 e. The maximum Gasteiger partial charge on any atom is 0.247 e. The molecule has 0 aliphatic heterocycles. The molecule has 1 N–H and O–H groups in total. The molecule has 0 saturated carbocycles. The van der Waals surface area contributed by atoms with E-state index in [2.05, 4.69) is 15.5 Å². The number of anilines is 1. The number of methoxy groups -OCH3 is 1. The van der Waals surface area contributed by atoms with E-state index in [1.165, 1.54) is 0 Å². The molecular formula is C16H14ClN3O2. The van der Waals surface area contributed by atoms with Gasteiger partial charge in [-0.1, -0.05) is 29.8 Å². The maximum absolute atomic E-state index is 5.99. The minimum Gasteiger partial charge on any atom is -0.495 e. The summed E-state index contributed by atoms with van der Waals surface area (Å²) in [5, 5.41) is 11.9. The molecule has 6 heteroatoms. The maximum atomic E-state index is 5.99. The lowest BCUT2D eigenvalue weighted by molar-refractivity contribution is 0.416. The molecule has 0 amide bonds. The Morgan fingerprint density at radius 2 is 1.95 bits per heavy atom. The van der Waals surface area contributed by atoms with Crippen LogP contribution in [0.3, 0.4) is 0 Å². The zero-order chi connectivity index (χ0) is 15.4. The van der Waals surface area contributed by atoms with E-state index in [0.29, 0.717) is 29.1 Å². The van der Waals surface area contributed by atoms with Gasteiger partial charge in [0.2, 0.25) is 11.8 Å². The zero-order valence-corrected chi connectivity index (χ0v) is 12.7. The molecule has 1 heterocycles. The Balaban J connectivity index is 1.73. The molecule has 0 unspecified atom stereocenters. The van der Waals surface area contributed by atoms with Crippen LogP contribution in [-0.2, 0) is 6.54 Å². The fourth-order valence-corrected chi connectivity index (χ4v) is 2.18. The largest absolute Gasteiger partial charge is 0.495 e. The van der Waals surface area contributed by atoms with Crippen molar-refractivity contribution in [2.75, 3.05) is 12.4 Å². The second kappa shape index (κ2) is 6.49. The molecule has 112 valence electrons. The Morgan fingerprint density at radius 3 is 2.73 bits per heavy atom. The third kappa shape index (κ3) is 3.20. The van der Waals surface area contributed by atoms with Gasteiger partial charge >= 0.3 is 0 Å². The van der Waals surface area contributed by atoms with Crippen molar-refractivity contribution in [1.29, 1.82) is 0 Å². The molecule has 0 atom stereocenters. The Kier molecular flexibility index (Phi) is 4.25. The van der Waals surface area contributed by atoms with E-state index in [4.69, 9.17) is 20.8 Å². The highest BCUT2D eigenvalue weighted by molar-refractivity contribution is 6.30. The molecule has 0 aliphatic rings. The second-order valence-corrected chi connectivity index (χ2v) is 5.00. The first kappa shape index (κ1) is 14.4. The summed E-state index contributed by atoms with van der Waals surface area (Å²) >= 11 is 5.99. The summed E-state index contributed by atoms with van der Waals surface area (Å²) in [6.45, 7) is 0.385. The van der Waals surface area contributed by atoms with E-state index in [0.717, 1.165) is 11.3 Å². The van der Waals surface area contributed by atoms with Crippen LogP contribution >= 0.6 is 11.6 Å². The number of nitrogens with one attached hydrogen (secondary N) is 1. The van der Waals surface area contributed by atoms with Crippen molar-refractivity contribution in [1.82, 2.24) is 10.2 Å². The van der Waals surface area contributed by atoms with E-state index in [9.17, 15) is 0 Å². The van der Waals surface area contributed by atoms with Gasteiger partial charge < -0.3 is 14.5 Å². The van der Waals surface area contributed by atoms with Crippen molar-refractivity contribution in [3.05, 3.63) is 59.4 Å². The SMILES string of the molecule is COc1ccc(Cl)cc1NCc1nnc(-c2ccccc2)o1. The lowest BCUT2D eigenvalue weighted by Gasteiger charge is -2.09. The van der Waals surface area contributed by atoms with Crippen molar-refractivity contribution in [3.8, 4) is 17.2 Å². The van der Waals surface area contributed by atoms with E-state index in [1.807, 2.05) is 30.3 Å². The van der Waals surface area contributed by atoms with Crippen LogP contribution in [0.4, 0.5) is 5.69 Å². The van der Waals surface area contributed by atoms with E-state index in [-0.39, 0.29) is 0 Å². The molecule has 5 nitrogen and oxygen atoms in total. The third-order valence-corrected chi connectivity index (χ3v) is 3.31. The predicted octanol–water partition coefficient (Wildman–Crippen LogP) is 4.01. The highest BCUT2D eigenvalue weighted by Gasteiger charge is 2.09. The highest BCUT2D eigenvalue weighted by atomic mass is 35.5. The predicted molar refractivity (Wildman–Crippen MR) is 85.1 cm³/mol. The topological polar surface area (TPSA) is 60.2 Å². The molecule has 22 heavy (non-hydrogen) atoms. The summed E-state index contributed by atoms with van der Waals surface area (Å²) in [4.78, 5) is 0. The number of ether oxygens (including phenoxy) is 1. The minimum atomic E-state index is 0.385. The fraction of sp³-hybridized carbons (Fsp3) is 0.125. The third-order valence-electron chi connectivity index (χ3n) is 3.08. The molecule has 0 fully saturated rings. The monoisotopic (exact) mass is 315 g/mol. The van der Waals surface area contributed by atoms with Gasteiger partial charge in [-0.25, -0.2) is 0 Å². The van der Waals surface area contributed by atoms with Gasteiger partial charge in [0.05, 0.1) is 19.3 Å². The number of aromatic nitrogens is 2. The van der Waals surface area contributed by atoms with Gasteiger partial charge in [-0.2, -0.15) is 0 Å². The van der Waals surface area contributed by atoms with Gasteiger partial charge in [0.15, 0.2) is 0 Å². The number of benzene rings is 2. The van der Waals surface area contributed by atoms with E-state index >= 15 is 0 Å². The van der Waals surface area contributed by atoms with Gasteiger partial charge in [0, 0.05) is 10.6 Å². The number of halogens is 1. The molecule has 1 aromatic heterocycles. The van der Waals surface area contributed by atoms with Crippen molar-refractivity contribution < 1.29 is 9.15 Å². The van der Waals surface area contributed by atoms with Crippen LogP contribution in [-0.4, -0.2) is 17.3 Å². The summed E-state index contributed by atoms with van der Waals surface area (Å²) in [6, 6.07) is 15.0. The summed E-state index contributed by atoms with van der Waals surface area (Å²) in [5.41, 5.74) is 1.66. The van der Waals surface area contributed by atoms with E-state index in [1.54, 1.807) is 25.3 Å². The van der Waals surface area contributed by atoms with Crippen LogP contribution in [0.1, 0.15) is 5.89 Å². The van der Waals surface area contributed by atoms with Crippen LogP contribution in [0.25, 0.3) is 11.5 Å². The molecular weight excluding hydrogens is 302 g/mol. The summed E-state index contributed by atoms with van der Waals surface area (Å²) in [6.07, 6.45) is 0. The van der Waals surface area contributed by atoms with Gasteiger partial charge in [-0.05, 0) is 30.3 Å². The Morgan fingerprint density at radius 1 is 1.14 bits per heavy atom. The summed E-state index contributed by atoms with van der Waals surface area (Å²) in [7, 11) is 1.61. The highest BCUT2D eigenvalue weighted by Crippen LogP contribution is 2.28. The van der Waals surface area contributed by atoms with Crippen molar-refractivity contribution >= 4 is 17.3 Å². The summed E-state index contributed by atoms with van der Waals surface area (Å²) < 4.78 is 10.9. The van der Waals surface area contributed by atoms with Crippen LogP contribution in [0.5, 0.6) is 5.75 Å². The first-order valence-corrected chi connectivity index (χ1v) is 7.09. The molecule has 0 radical (unpaired) electrons. The molecule has 0 aliphatic carbocycles. The number of nitrogens with zero attached hydrogens (tertiary/aromatic N) is 2. The zero-order valence-electron chi connectivity index (χ0n) is 11.9. The lowest BCUT2D eigenvalue weighted by Crippen LogP contribution is -2.01. The minimum absolute atomic E-state index is 0.385. The Labute approximate surface area is 132 Å². The lowest BCUT2D eigenvalue weighted by atomic mass is 10.2. The van der Waals surface area contributed by atoms with E-state index < -0.39 is 0 Å². The van der Waals surface area contributed by atoms with Crippen LogP contribution in [0, 0.1) is 0 Å².